The van der Waals surface area contributed by atoms with E-state index in [1.54, 1.807) is 6.92 Å². The Kier molecular flexibility index (Phi) is 5.76. The zero-order valence-corrected chi connectivity index (χ0v) is 13.5. The summed E-state index contributed by atoms with van der Waals surface area (Å²) in [5.74, 6) is -0.452. The highest BCUT2D eigenvalue weighted by Crippen LogP contribution is 2.26. The lowest BCUT2D eigenvalue weighted by Crippen LogP contribution is -2.46. The smallest absolute Gasteiger partial charge is 0.243 e. The minimum atomic E-state index is -3.54. The molecule has 1 aliphatic heterocycles. The van der Waals surface area contributed by atoms with Crippen LogP contribution in [0.25, 0.3) is 0 Å². The first kappa shape index (κ1) is 16.8. The van der Waals surface area contributed by atoms with Crippen LogP contribution in [0.4, 0.5) is 4.39 Å². The summed E-state index contributed by atoms with van der Waals surface area (Å²) in [6.45, 7) is 3.76. The zero-order chi connectivity index (χ0) is 13.3. The van der Waals surface area contributed by atoms with Gasteiger partial charge in [0.2, 0.25) is 10.0 Å². The first-order valence-electron chi connectivity index (χ1n) is 5.59. The van der Waals surface area contributed by atoms with Crippen molar-refractivity contribution in [2.24, 2.45) is 0 Å². The van der Waals surface area contributed by atoms with E-state index in [1.165, 1.54) is 16.4 Å². The molecule has 0 atom stereocenters. The van der Waals surface area contributed by atoms with Gasteiger partial charge >= 0.3 is 0 Å². The van der Waals surface area contributed by atoms with Gasteiger partial charge in [-0.25, -0.2) is 12.8 Å². The number of piperazine rings is 1. The number of hydrogen-bond donors (Lipinski definition) is 1. The maximum atomic E-state index is 13.3. The zero-order valence-electron chi connectivity index (χ0n) is 10.3. The Morgan fingerprint density at radius 2 is 1.89 bits per heavy atom. The monoisotopic (exact) mass is 372 g/mol. The summed E-state index contributed by atoms with van der Waals surface area (Å²) < 4.78 is 39.8. The van der Waals surface area contributed by atoms with E-state index in [2.05, 4.69) is 21.2 Å². The Bertz CT molecular complexity index is 562. The number of nitrogens with zero attached hydrogens (tertiary/aromatic N) is 1. The molecule has 0 spiro atoms. The topological polar surface area (TPSA) is 49.4 Å². The van der Waals surface area contributed by atoms with Crippen molar-refractivity contribution in [2.45, 2.75) is 11.8 Å². The molecule has 19 heavy (non-hydrogen) atoms. The molecule has 8 heteroatoms. The van der Waals surface area contributed by atoms with E-state index < -0.39 is 15.8 Å². The predicted octanol–water partition coefficient (Wildman–Crippen LogP) is 1.91. The molecule has 1 saturated heterocycles. The molecule has 0 radical (unpaired) electrons. The Morgan fingerprint density at radius 1 is 1.32 bits per heavy atom. The Balaban J connectivity index is 0.00000180. The van der Waals surface area contributed by atoms with E-state index in [0.29, 0.717) is 31.7 Å². The lowest BCUT2D eigenvalue weighted by Gasteiger charge is -2.27. The number of sulfonamides is 1. The van der Waals surface area contributed by atoms with Crippen LogP contribution < -0.4 is 5.32 Å². The summed E-state index contributed by atoms with van der Waals surface area (Å²) in [4.78, 5) is 0.165. The number of benzene rings is 1. The fraction of sp³-hybridized carbons (Fsp3) is 0.455. The molecule has 0 amide bonds. The van der Waals surface area contributed by atoms with Gasteiger partial charge in [0, 0.05) is 26.2 Å². The van der Waals surface area contributed by atoms with Crippen LogP contribution >= 0.6 is 28.3 Å². The van der Waals surface area contributed by atoms with Crippen molar-refractivity contribution in [1.29, 1.82) is 0 Å². The molecule has 0 aliphatic carbocycles. The van der Waals surface area contributed by atoms with Crippen molar-refractivity contribution in [1.82, 2.24) is 9.62 Å². The molecule has 4 nitrogen and oxygen atoms in total. The van der Waals surface area contributed by atoms with Crippen molar-refractivity contribution in [3.63, 3.8) is 0 Å². The fourth-order valence-corrected chi connectivity index (χ4v) is 4.10. The number of rotatable bonds is 2. The van der Waals surface area contributed by atoms with Gasteiger partial charge in [-0.3, -0.25) is 0 Å². The number of aryl methyl sites for hydroxylation is 1. The third kappa shape index (κ3) is 3.46. The van der Waals surface area contributed by atoms with Gasteiger partial charge in [0.15, 0.2) is 0 Å². The van der Waals surface area contributed by atoms with Crippen molar-refractivity contribution in [2.75, 3.05) is 26.2 Å². The SMILES string of the molecule is Cc1cc(F)c(Br)cc1S(=O)(=O)N1CCNCC1.Cl. The van der Waals surface area contributed by atoms with Crippen LogP contribution in [0.5, 0.6) is 0 Å². The molecule has 1 heterocycles. The van der Waals surface area contributed by atoms with E-state index in [1.807, 2.05) is 0 Å². The molecule has 1 N–H and O–H groups in total. The number of nitrogens with one attached hydrogen (secondary N) is 1. The lowest BCUT2D eigenvalue weighted by molar-refractivity contribution is 0.360. The Morgan fingerprint density at radius 3 is 2.47 bits per heavy atom. The summed E-state index contributed by atoms with van der Waals surface area (Å²) in [7, 11) is -3.54. The standard InChI is InChI=1S/C11H14BrFN2O2S.ClH/c1-8-6-10(13)9(12)7-11(8)18(16,17)15-4-2-14-3-5-15;/h6-7,14H,2-5H2,1H3;1H. The average molecular weight is 374 g/mol. The molecule has 1 aliphatic rings. The highest BCUT2D eigenvalue weighted by atomic mass is 79.9. The van der Waals surface area contributed by atoms with Crippen LogP contribution in [0.3, 0.4) is 0 Å². The molecule has 0 bridgehead atoms. The van der Waals surface area contributed by atoms with Gasteiger partial charge in [0.25, 0.3) is 0 Å². The van der Waals surface area contributed by atoms with Crippen molar-refractivity contribution in [3.8, 4) is 0 Å². The maximum absolute atomic E-state index is 13.3. The predicted molar refractivity (Wildman–Crippen MR) is 77.7 cm³/mol. The third-order valence-electron chi connectivity index (χ3n) is 2.91. The van der Waals surface area contributed by atoms with Crippen molar-refractivity contribution in [3.05, 3.63) is 28.0 Å². The second-order valence-electron chi connectivity index (χ2n) is 4.19. The van der Waals surface area contributed by atoms with Gasteiger partial charge in [-0.05, 0) is 40.5 Å². The van der Waals surface area contributed by atoms with E-state index in [0.717, 1.165) is 0 Å². The Labute approximate surface area is 127 Å². The summed E-state index contributed by atoms with van der Waals surface area (Å²) >= 11 is 3.03. The molecule has 1 fully saturated rings. The summed E-state index contributed by atoms with van der Waals surface area (Å²) in [6, 6.07) is 2.57. The quantitative estimate of drug-likeness (QED) is 0.861. The van der Waals surface area contributed by atoms with Crippen LogP contribution in [0.15, 0.2) is 21.5 Å². The molecule has 108 valence electrons. The van der Waals surface area contributed by atoms with E-state index in [9.17, 15) is 12.8 Å². The van der Waals surface area contributed by atoms with Crippen LogP contribution in [0.2, 0.25) is 0 Å². The van der Waals surface area contributed by atoms with E-state index in [4.69, 9.17) is 0 Å². The Hall–Kier alpha value is -0.210. The third-order valence-corrected chi connectivity index (χ3v) is 5.56. The van der Waals surface area contributed by atoms with Gasteiger partial charge in [-0.1, -0.05) is 0 Å². The minimum absolute atomic E-state index is 0. The second kappa shape index (κ2) is 6.49. The van der Waals surface area contributed by atoms with Crippen molar-refractivity contribution < 1.29 is 12.8 Å². The first-order chi connectivity index (χ1) is 8.43. The van der Waals surface area contributed by atoms with Crippen LogP contribution in [0, 0.1) is 12.7 Å². The fourth-order valence-electron chi connectivity index (χ4n) is 1.93. The molecule has 0 unspecified atom stereocenters. The molecule has 0 aromatic heterocycles. The van der Waals surface area contributed by atoms with Gasteiger partial charge in [0.1, 0.15) is 5.82 Å². The normalized spacial score (nSPS) is 17.0. The summed E-state index contributed by atoms with van der Waals surface area (Å²) in [5, 5.41) is 3.10. The van der Waals surface area contributed by atoms with Gasteiger partial charge in [-0.15, -0.1) is 12.4 Å². The molecular weight excluding hydrogens is 359 g/mol. The second-order valence-corrected chi connectivity index (χ2v) is 6.95. The van der Waals surface area contributed by atoms with E-state index in [-0.39, 0.29) is 21.8 Å². The number of hydrogen-bond acceptors (Lipinski definition) is 3. The molecule has 2 rings (SSSR count). The highest BCUT2D eigenvalue weighted by molar-refractivity contribution is 9.10. The molecular formula is C11H15BrClFN2O2S. The van der Waals surface area contributed by atoms with Gasteiger partial charge < -0.3 is 5.32 Å². The summed E-state index contributed by atoms with van der Waals surface area (Å²) in [6.07, 6.45) is 0. The highest BCUT2D eigenvalue weighted by Gasteiger charge is 2.27. The summed E-state index contributed by atoms with van der Waals surface area (Å²) in [5.41, 5.74) is 0.425. The lowest BCUT2D eigenvalue weighted by atomic mass is 10.2. The van der Waals surface area contributed by atoms with Gasteiger partial charge in [-0.2, -0.15) is 4.31 Å². The first-order valence-corrected chi connectivity index (χ1v) is 7.83. The minimum Gasteiger partial charge on any atom is -0.314 e. The van der Waals surface area contributed by atoms with E-state index >= 15 is 0 Å². The van der Waals surface area contributed by atoms with Crippen LogP contribution in [0.1, 0.15) is 5.56 Å². The molecule has 1 aromatic carbocycles. The van der Waals surface area contributed by atoms with Crippen LogP contribution in [-0.2, 0) is 10.0 Å². The molecule has 1 aromatic rings. The average Bonchev–Trinajstić information content (AvgIpc) is 2.34. The maximum Gasteiger partial charge on any atom is 0.243 e. The van der Waals surface area contributed by atoms with Gasteiger partial charge in [0.05, 0.1) is 9.37 Å². The largest absolute Gasteiger partial charge is 0.314 e. The van der Waals surface area contributed by atoms with Crippen LogP contribution in [-0.4, -0.2) is 38.9 Å². The van der Waals surface area contributed by atoms with Crippen molar-refractivity contribution >= 4 is 38.4 Å². The number of halogens is 3. The molecule has 0 saturated carbocycles.